The topological polar surface area (TPSA) is 62.1 Å². The minimum Gasteiger partial charge on any atom is -0.490 e. The summed E-state index contributed by atoms with van der Waals surface area (Å²) in [5, 5.41) is 12.6. The molecule has 0 unspecified atom stereocenters. The van der Waals surface area contributed by atoms with E-state index in [2.05, 4.69) is 25.2 Å². The molecule has 0 aromatic heterocycles. The predicted octanol–water partition coefficient (Wildman–Crippen LogP) is 5.70. The van der Waals surface area contributed by atoms with Crippen LogP contribution in [-0.2, 0) is 0 Å². The smallest absolute Gasteiger partial charge is 0.251 e. The molecule has 2 aromatic carbocycles. The molecular formula is C25H27ClN2O2. The molecule has 2 aromatic rings. The molecule has 1 amide bonds. The summed E-state index contributed by atoms with van der Waals surface area (Å²) in [6.07, 6.45) is 4.18. The summed E-state index contributed by atoms with van der Waals surface area (Å²) in [4.78, 5) is 12.6. The third-order valence-electron chi connectivity index (χ3n) is 6.51. The molecule has 0 bridgehead atoms. The van der Waals surface area contributed by atoms with Gasteiger partial charge in [0.2, 0.25) is 0 Å². The lowest BCUT2D eigenvalue weighted by Gasteiger charge is -2.18. The van der Waals surface area contributed by atoms with E-state index in [4.69, 9.17) is 21.6 Å². The van der Waals surface area contributed by atoms with Gasteiger partial charge in [-0.25, -0.2) is 0 Å². The molecule has 156 valence electrons. The van der Waals surface area contributed by atoms with Crippen molar-refractivity contribution in [1.82, 2.24) is 5.32 Å². The van der Waals surface area contributed by atoms with Gasteiger partial charge in [0, 0.05) is 17.7 Å². The van der Waals surface area contributed by atoms with Gasteiger partial charge >= 0.3 is 0 Å². The van der Waals surface area contributed by atoms with E-state index in [0.717, 1.165) is 37.0 Å². The number of halogens is 1. The zero-order valence-corrected chi connectivity index (χ0v) is 18.2. The molecule has 4 nitrogen and oxygen atoms in total. The number of benzene rings is 2. The van der Waals surface area contributed by atoms with E-state index in [1.165, 1.54) is 5.56 Å². The summed E-state index contributed by atoms with van der Waals surface area (Å²) in [5.41, 5.74) is 2.44. The van der Waals surface area contributed by atoms with E-state index in [1.807, 2.05) is 30.3 Å². The van der Waals surface area contributed by atoms with Crippen LogP contribution in [-0.4, -0.2) is 18.1 Å². The number of nitrogens with one attached hydrogen (secondary N) is 1. The minimum absolute atomic E-state index is 0.0234. The normalized spacial score (nSPS) is 25.0. The molecule has 0 spiro atoms. The van der Waals surface area contributed by atoms with Crippen LogP contribution in [0.3, 0.4) is 0 Å². The number of rotatable bonds is 5. The second kappa shape index (κ2) is 8.70. The lowest BCUT2D eigenvalue weighted by molar-refractivity contribution is 0.0935. The number of nitrogens with zero attached hydrogens (tertiary/aromatic N) is 1. The van der Waals surface area contributed by atoms with E-state index >= 15 is 0 Å². The number of carbonyl (C=O) groups is 1. The fourth-order valence-corrected chi connectivity index (χ4v) is 5.13. The van der Waals surface area contributed by atoms with Crippen LogP contribution in [0, 0.1) is 23.2 Å². The van der Waals surface area contributed by atoms with Crippen molar-refractivity contribution in [2.24, 2.45) is 11.8 Å². The summed E-state index contributed by atoms with van der Waals surface area (Å²) < 4.78 is 6.13. The lowest BCUT2D eigenvalue weighted by atomic mass is 10.0. The Morgan fingerprint density at radius 1 is 1.10 bits per heavy atom. The van der Waals surface area contributed by atoms with Crippen molar-refractivity contribution in [3.63, 3.8) is 0 Å². The van der Waals surface area contributed by atoms with Crippen molar-refractivity contribution in [2.75, 3.05) is 0 Å². The lowest BCUT2D eigenvalue weighted by Crippen LogP contribution is -2.33. The zero-order chi connectivity index (χ0) is 21.3. The zero-order valence-electron chi connectivity index (χ0n) is 17.4. The van der Waals surface area contributed by atoms with Crippen LogP contribution in [0.1, 0.15) is 66.9 Å². The van der Waals surface area contributed by atoms with Crippen LogP contribution >= 0.6 is 11.6 Å². The summed E-state index contributed by atoms with van der Waals surface area (Å²) >= 11 is 6.11. The molecule has 1 N–H and O–H groups in total. The average Bonchev–Trinajstić information content (AvgIpc) is 3.26. The number of hydrogen-bond donors (Lipinski definition) is 1. The van der Waals surface area contributed by atoms with Crippen molar-refractivity contribution < 1.29 is 9.53 Å². The molecular weight excluding hydrogens is 396 g/mol. The first-order valence-corrected chi connectivity index (χ1v) is 11.1. The highest BCUT2D eigenvalue weighted by molar-refractivity contribution is 6.31. The number of ether oxygens (including phenoxy) is 1. The van der Waals surface area contributed by atoms with E-state index in [0.29, 0.717) is 28.3 Å². The maximum absolute atomic E-state index is 12.6. The van der Waals surface area contributed by atoms with Crippen LogP contribution in [0.4, 0.5) is 0 Å². The maximum Gasteiger partial charge on any atom is 0.251 e. The molecule has 2 fully saturated rings. The highest BCUT2D eigenvalue weighted by Crippen LogP contribution is 2.45. The van der Waals surface area contributed by atoms with Gasteiger partial charge in [-0.05, 0) is 73.3 Å². The van der Waals surface area contributed by atoms with Crippen LogP contribution in [0.5, 0.6) is 5.75 Å². The van der Waals surface area contributed by atoms with E-state index < -0.39 is 0 Å². The monoisotopic (exact) mass is 422 g/mol. The largest absolute Gasteiger partial charge is 0.490 e. The molecule has 4 atom stereocenters. The third-order valence-corrected chi connectivity index (χ3v) is 6.82. The summed E-state index contributed by atoms with van der Waals surface area (Å²) in [6.45, 7) is 4.30. The minimum atomic E-state index is 0.0234. The van der Waals surface area contributed by atoms with Crippen molar-refractivity contribution in [2.45, 2.75) is 57.6 Å². The van der Waals surface area contributed by atoms with Gasteiger partial charge < -0.3 is 10.1 Å². The SMILES string of the molecule is CC(C)c1ccc(C(=O)N[C@H]2C[C@@H]3C[C@H](Oc4ccc(C#N)c(Cl)c4)C[C@@H]3C2)cc1. The Bertz CT molecular complexity index is 950. The molecule has 5 heteroatoms. The molecule has 30 heavy (non-hydrogen) atoms. The fraction of sp³-hybridized carbons (Fsp3) is 0.440. The Kier molecular flexibility index (Phi) is 6.01. The van der Waals surface area contributed by atoms with E-state index in [1.54, 1.807) is 12.1 Å². The highest BCUT2D eigenvalue weighted by Gasteiger charge is 2.43. The highest BCUT2D eigenvalue weighted by atomic mass is 35.5. The second-order valence-electron chi connectivity index (χ2n) is 8.90. The predicted molar refractivity (Wildman–Crippen MR) is 118 cm³/mol. The molecule has 2 aliphatic rings. The second-order valence-corrected chi connectivity index (χ2v) is 9.31. The number of nitriles is 1. The number of carbonyl (C=O) groups excluding carboxylic acids is 1. The van der Waals surface area contributed by atoms with E-state index in [9.17, 15) is 4.79 Å². The fourth-order valence-electron chi connectivity index (χ4n) is 4.92. The van der Waals surface area contributed by atoms with Gasteiger partial charge in [0.1, 0.15) is 11.8 Å². The van der Waals surface area contributed by atoms with Crippen LogP contribution < -0.4 is 10.1 Å². The summed E-state index contributed by atoms with van der Waals surface area (Å²) in [7, 11) is 0. The first kappa shape index (κ1) is 20.8. The molecule has 0 radical (unpaired) electrons. The van der Waals surface area contributed by atoms with Crippen molar-refractivity contribution in [3.8, 4) is 11.8 Å². The van der Waals surface area contributed by atoms with Crippen molar-refractivity contribution >= 4 is 17.5 Å². The van der Waals surface area contributed by atoms with Gasteiger partial charge in [-0.15, -0.1) is 0 Å². The number of amides is 1. The Morgan fingerprint density at radius 2 is 1.77 bits per heavy atom. The summed E-state index contributed by atoms with van der Waals surface area (Å²) in [6, 6.07) is 15.5. The number of hydrogen-bond acceptors (Lipinski definition) is 3. The van der Waals surface area contributed by atoms with Crippen molar-refractivity contribution in [3.05, 3.63) is 64.2 Å². The van der Waals surface area contributed by atoms with Gasteiger partial charge in [0.15, 0.2) is 0 Å². The quantitative estimate of drug-likeness (QED) is 0.672. The average molecular weight is 423 g/mol. The van der Waals surface area contributed by atoms with Crippen LogP contribution in [0.25, 0.3) is 0 Å². The first-order chi connectivity index (χ1) is 14.4. The maximum atomic E-state index is 12.6. The standard InChI is InChI=1S/C25H27ClN2O2/c1-15(2)16-3-5-17(6-4-16)25(29)28-21-9-19-11-23(12-20(19)10-21)30-22-8-7-18(14-27)24(26)13-22/h3-8,13,15,19-21,23H,9-12H2,1-2H3,(H,28,29)/t19-,20+,21+,23+. The Labute approximate surface area is 183 Å². The molecule has 2 aliphatic carbocycles. The van der Waals surface area contributed by atoms with Gasteiger partial charge in [0.25, 0.3) is 5.91 Å². The number of fused-ring (bicyclic) bond motifs is 1. The van der Waals surface area contributed by atoms with Gasteiger partial charge in [-0.1, -0.05) is 37.6 Å². The van der Waals surface area contributed by atoms with Crippen LogP contribution in [0.2, 0.25) is 5.02 Å². The Hall–Kier alpha value is -2.51. The van der Waals surface area contributed by atoms with Gasteiger partial charge in [0.05, 0.1) is 16.7 Å². The molecule has 0 aliphatic heterocycles. The molecule has 2 saturated carbocycles. The molecule has 4 rings (SSSR count). The first-order valence-electron chi connectivity index (χ1n) is 10.7. The van der Waals surface area contributed by atoms with E-state index in [-0.39, 0.29) is 18.1 Å². The van der Waals surface area contributed by atoms with Gasteiger partial charge in [-0.2, -0.15) is 5.26 Å². The summed E-state index contributed by atoms with van der Waals surface area (Å²) in [5.74, 6) is 2.37. The van der Waals surface area contributed by atoms with Crippen molar-refractivity contribution in [1.29, 1.82) is 5.26 Å². The van der Waals surface area contributed by atoms with Crippen LogP contribution in [0.15, 0.2) is 42.5 Å². The molecule has 0 saturated heterocycles. The molecule has 0 heterocycles. The Morgan fingerprint density at radius 3 is 2.33 bits per heavy atom. The Balaban J connectivity index is 1.28. The third kappa shape index (κ3) is 4.47. The van der Waals surface area contributed by atoms with Gasteiger partial charge in [-0.3, -0.25) is 4.79 Å².